The minimum atomic E-state index is -0.375. The van der Waals surface area contributed by atoms with Crippen LogP contribution in [0.15, 0.2) is 83.6 Å². The number of carbonyl (C=O) groups is 1. The van der Waals surface area contributed by atoms with Gasteiger partial charge in [0.1, 0.15) is 12.1 Å². The first-order chi connectivity index (χ1) is 14.2. The van der Waals surface area contributed by atoms with Crippen molar-refractivity contribution in [3.8, 4) is 5.69 Å². The monoisotopic (exact) mass is 424 g/mol. The van der Waals surface area contributed by atoms with E-state index in [0.717, 1.165) is 10.4 Å². The van der Waals surface area contributed by atoms with E-state index in [1.807, 2.05) is 47.8 Å². The summed E-state index contributed by atoms with van der Waals surface area (Å²) in [6.07, 6.45) is 1.44. The normalized spacial score (nSPS) is 11.9. The molecule has 2 aromatic heterocycles. The zero-order chi connectivity index (χ0) is 20.1. The molecule has 0 radical (unpaired) electrons. The van der Waals surface area contributed by atoms with Crippen molar-refractivity contribution < 1.29 is 9.18 Å². The Hall–Kier alpha value is -2.97. The highest BCUT2D eigenvalue weighted by molar-refractivity contribution is 7.99. The average molecular weight is 425 g/mol. The number of rotatable bonds is 7. The maximum absolute atomic E-state index is 14.1. The topological polar surface area (TPSA) is 59.8 Å². The van der Waals surface area contributed by atoms with Crippen LogP contribution in [0.4, 0.5) is 4.39 Å². The van der Waals surface area contributed by atoms with Crippen LogP contribution in [0.1, 0.15) is 16.5 Å². The third kappa shape index (κ3) is 4.55. The fourth-order valence-corrected chi connectivity index (χ4v) is 4.42. The highest BCUT2D eigenvalue weighted by Gasteiger charge is 2.19. The van der Waals surface area contributed by atoms with Gasteiger partial charge in [-0.25, -0.2) is 4.39 Å². The Morgan fingerprint density at radius 1 is 1.10 bits per heavy atom. The van der Waals surface area contributed by atoms with Crippen LogP contribution in [-0.4, -0.2) is 26.4 Å². The van der Waals surface area contributed by atoms with Crippen molar-refractivity contribution in [1.29, 1.82) is 0 Å². The number of hydrogen-bond acceptors (Lipinski definition) is 5. The number of benzene rings is 2. The molecule has 0 bridgehead atoms. The third-order valence-electron chi connectivity index (χ3n) is 4.23. The molecule has 29 heavy (non-hydrogen) atoms. The van der Waals surface area contributed by atoms with Gasteiger partial charge in [0.05, 0.1) is 17.5 Å². The zero-order valence-corrected chi connectivity index (χ0v) is 16.9. The van der Waals surface area contributed by atoms with Crippen LogP contribution >= 0.6 is 23.1 Å². The van der Waals surface area contributed by atoms with Gasteiger partial charge in [-0.2, -0.15) is 0 Å². The van der Waals surface area contributed by atoms with Crippen LogP contribution in [0.5, 0.6) is 0 Å². The van der Waals surface area contributed by atoms with Gasteiger partial charge < -0.3 is 5.32 Å². The fraction of sp³-hybridized carbons (Fsp3) is 0.0952. The summed E-state index contributed by atoms with van der Waals surface area (Å²) in [4.78, 5) is 13.7. The quantitative estimate of drug-likeness (QED) is 0.445. The first kappa shape index (κ1) is 19.4. The number of carbonyl (C=O) groups excluding carboxylic acids is 1. The van der Waals surface area contributed by atoms with Gasteiger partial charge in [0.15, 0.2) is 5.16 Å². The number of nitrogens with zero attached hydrogens (tertiary/aromatic N) is 3. The van der Waals surface area contributed by atoms with E-state index >= 15 is 0 Å². The largest absolute Gasteiger partial charge is 0.344 e. The smallest absolute Gasteiger partial charge is 0.231 e. The number of thioether (sulfide) groups is 1. The van der Waals surface area contributed by atoms with E-state index in [9.17, 15) is 9.18 Å². The highest BCUT2D eigenvalue weighted by atomic mass is 32.2. The summed E-state index contributed by atoms with van der Waals surface area (Å²) in [5.41, 5.74) is 1.36. The SMILES string of the molecule is O=C(CSc1nncn1-c1ccccc1F)N[C@@H](c1ccccc1)c1cccs1. The molecule has 0 aliphatic rings. The molecule has 0 aliphatic carbocycles. The predicted molar refractivity (Wildman–Crippen MR) is 113 cm³/mol. The van der Waals surface area contributed by atoms with Gasteiger partial charge in [-0.05, 0) is 29.1 Å². The maximum atomic E-state index is 14.1. The first-order valence-corrected chi connectivity index (χ1v) is 10.7. The molecule has 5 nitrogen and oxygen atoms in total. The van der Waals surface area contributed by atoms with Crippen molar-refractivity contribution in [2.24, 2.45) is 0 Å². The van der Waals surface area contributed by atoms with E-state index < -0.39 is 0 Å². The minimum Gasteiger partial charge on any atom is -0.344 e. The zero-order valence-electron chi connectivity index (χ0n) is 15.2. The molecular formula is C21H17FN4OS2. The van der Waals surface area contributed by atoms with Crippen LogP contribution in [0.25, 0.3) is 5.69 Å². The number of nitrogens with one attached hydrogen (secondary N) is 1. The fourth-order valence-electron chi connectivity index (χ4n) is 2.89. The Kier molecular flexibility index (Phi) is 6.02. The van der Waals surface area contributed by atoms with E-state index in [0.29, 0.717) is 10.8 Å². The molecule has 8 heteroatoms. The molecule has 4 aromatic rings. The lowest BCUT2D eigenvalue weighted by atomic mass is 10.1. The van der Waals surface area contributed by atoms with Crippen molar-refractivity contribution in [2.75, 3.05) is 5.75 Å². The second-order valence-corrected chi connectivity index (χ2v) is 8.07. The molecule has 1 atom stereocenters. The van der Waals surface area contributed by atoms with Gasteiger partial charge in [0.2, 0.25) is 5.91 Å². The van der Waals surface area contributed by atoms with E-state index in [4.69, 9.17) is 0 Å². The molecule has 0 saturated carbocycles. The lowest BCUT2D eigenvalue weighted by Crippen LogP contribution is -2.30. The number of halogens is 1. The molecule has 1 amide bonds. The number of para-hydroxylation sites is 1. The van der Waals surface area contributed by atoms with Crippen LogP contribution in [-0.2, 0) is 4.79 Å². The summed E-state index contributed by atoms with van der Waals surface area (Å²) in [6, 6.07) is 20.0. The van der Waals surface area contributed by atoms with Gasteiger partial charge >= 0.3 is 0 Å². The van der Waals surface area contributed by atoms with E-state index in [-0.39, 0.29) is 23.5 Å². The summed E-state index contributed by atoms with van der Waals surface area (Å²) in [5, 5.41) is 13.4. The van der Waals surface area contributed by atoms with Gasteiger partial charge in [-0.15, -0.1) is 21.5 Å². The third-order valence-corrected chi connectivity index (χ3v) is 6.11. The molecule has 2 heterocycles. The summed E-state index contributed by atoms with van der Waals surface area (Å²) in [5.74, 6) is -0.372. The summed E-state index contributed by atoms with van der Waals surface area (Å²) >= 11 is 2.81. The van der Waals surface area contributed by atoms with Crippen molar-refractivity contribution in [1.82, 2.24) is 20.1 Å². The first-order valence-electron chi connectivity index (χ1n) is 8.88. The lowest BCUT2D eigenvalue weighted by Gasteiger charge is -2.18. The van der Waals surface area contributed by atoms with Crippen LogP contribution in [0.3, 0.4) is 0 Å². The Balaban J connectivity index is 1.47. The molecule has 0 aliphatic heterocycles. The number of thiophene rings is 1. The minimum absolute atomic E-state index is 0.139. The van der Waals surface area contributed by atoms with Gasteiger partial charge in [-0.1, -0.05) is 60.3 Å². The van der Waals surface area contributed by atoms with E-state index in [1.54, 1.807) is 34.1 Å². The number of aromatic nitrogens is 3. The van der Waals surface area contributed by atoms with Gasteiger partial charge in [0.25, 0.3) is 0 Å². The Labute approximate surface area is 175 Å². The Bertz CT molecular complexity index is 1080. The molecule has 4 rings (SSSR count). The van der Waals surface area contributed by atoms with E-state index in [2.05, 4.69) is 15.5 Å². The van der Waals surface area contributed by atoms with E-state index in [1.165, 1.54) is 24.2 Å². The van der Waals surface area contributed by atoms with Crippen molar-refractivity contribution in [2.45, 2.75) is 11.2 Å². The summed E-state index contributed by atoms with van der Waals surface area (Å²) in [7, 11) is 0. The summed E-state index contributed by atoms with van der Waals surface area (Å²) in [6.45, 7) is 0. The van der Waals surface area contributed by atoms with Crippen molar-refractivity contribution in [3.63, 3.8) is 0 Å². The second-order valence-electron chi connectivity index (χ2n) is 6.15. The van der Waals surface area contributed by atoms with Crippen LogP contribution in [0, 0.1) is 5.82 Å². The maximum Gasteiger partial charge on any atom is 0.231 e. The molecule has 0 fully saturated rings. The second kappa shape index (κ2) is 9.02. The lowest BCUT2D eigenvalue weighted by molar-refractivity contribution is -0.119. The summed E-state index contributed by atoms with van der Waals surface area (Å²) < 4.78 is 15.6. The average Bonchev–Trinajstić information content (AvgIpc) is 3.44. The molecule has 146 valence electrons. The Morgan fingerprint density at radius 2 is 1.90 bits per heavy atom. The molecule has 0 spiro atoms. The van der Waals surface area contributed by atoms with Crippen molar-refractivity contribution >= 4 is 29.0 Å². The molecule has 1 N–H and O–H groups in total. The Morgan fingerprint density at radius 3 is 2.66 bits per heavy atom. The highest BCUT2D eigenvalue weighted by Crippen LogP contribution is 2.27. The number of hydrogen-bond donors (Lipinski definition) is 1. The molecule has 0 unspecified atom stereocenters. The van der Waals surface area contributed by atoms with Crippen molar-refractivity contribution in [3.05, 3.63) is 94.7 Å². The van der Waals surface area contributed by atoms with Crippen LogP contribution < -0.4 is 5.32 Å². The molecular weight excluding hydrogens is 407 g/mol. The standard InChI is InChI=1S/C21H17FN4OS2/c22-16-9-4-5-10-17(16)26-14-23-25-21(26)29-13-19(27)24-20(18-11-6-12-28-18)15-7-2-1-3-8-15/h1-12,14,20H,13H2,(H,24,27)/t20-/m0/s1. The number of amides is 1. The van der Waals surface area contributed by atoms with Gasteiger partial charge in [-0.3, -0.25) is 9.36 Å². The predicted octanol–water partition coefficient (Wildman–Crippen LogP) is 4.47. The van der Waals surface area contributed by atoms with Gasteiger partial charge in [0, 0.05) is 4.88 Å². The van der Waals surface area contributed by atoms with Crippen LogP contribution in [0.2, 0.25) is 0 Å². The molecule has 2 aromatic carbocycles. The molecule has 0 saturated heterocycles.